The fourth-order valence-electron chi connectivity index (χ4n) is 2.08. The van der Waals surface area contributed by atoms with Crippen molar-refractivity contribution in [3.8, 4) is 0 Å². The number of ether oxygens (including phenoxy) is 1. The fourth-order valence-corrected chi connectivity index (χ4v) is 2.30. The Balaban J connectivity index is 2.21. The zero-order chi connectivity index (χ0) is 14.5. The number of halogens is 1. The van der Waals surface area contributed by atoms with Crippen LogP contribution in [0.4, 0.5) is 5.82 Å². The summed E-state index contributed by atoms with van der Waals surface area (Å²) in [7, 11) is 2.03. The van der Waals surface area contributed by atoms with E-state index in [1.807, 2.05) is 39.1 Å². The minimum atomic E-state index is 0.256. The van der Waals surface area contributed by atoms with Crippen LogP contribution in [0.3, 0.4) is 0 Å². The van der Waals surface area contributed by atoms with Crippen LogP contribution in [0, 0.1) is 0 Å². The lowest BCUT2D eigenvalue weighted by Crippen LogP contribution is -2.24. The molecular weight excluding hydrogens is 272 g/mol. The van der Waals surface area contributed by atoms with Gasteiger partial charge in [0.25, 0.3) is 0 Å². The summed E-state index contributed by atoms with van der Waals surface area (Å²) in [6.45, 7) is 5.59. The van der Waals surface area contributed by atoms with Crippen molar-refractivity contribution in [2.24, 2.45) is 0 Å². The molecule has 1 aromatic carbocycles. The van der Waals surface area contributed by atoms with Gasteiger partial charge < -0.3 is 9.64 Å². The van der Waals surface area contributed by atoms with Gasteiger partial charge in [-0.25, -0.2) is 4.98 Å². The largest absolute Gasteiger partial charge is 0.377 e. The monoisotopic (exact) mass is 292 g/mol. The number of rotatable bonds is 6. The highest BCUT2D eigenvalue weighted by atomic mass is 35.5. The van der Waals surface area contributed by atoms with E-state index in [9.17, 15) is 0 Å². The number of anilines is 1. The summed E-state index contributed by atoms with van der Waals surface area (Å²) in [4.78, 5) is 6.80. The number of nitrogens with zero attached hydrogens (tertiary/aromatic N) is 2. The number of likely N-dealkylation sites (N-methyl/N-ethyl adjacent to an activating group) is 1. The average molecular weight is 293 g/mol. The Kier molecular flexibility index (Phi) is 5.21. The molecule has 2 aromatic rings. The molecule has 20 heavy (non-hydrogen) atoms. The first-order chi connectivity index (χ1) is 9.61. The Labute approximate surface area is 125 Å². The highest BCUT2D eigenvalue weighted by Crippen LogP contribution is 2.23. The molecule has 0 saturated heterocycles. The van der Waals surface area contributed by atoms with E-state index in [-0.39, 0.29) is 6.10 Å². The van der Waals surface area contributed by atoms with Crippen molar-refractivity contribution in [2.45, 2.75) is 25.8 Å². The maximum absolute atomic E-state index is 6.06. The molecule has 1 aromatic heterocycles. The number of alkyl halides is 1. The minimum Gasteiger partial charge on any atom is -0.377 e. The van der Waals surface area contributed by atoms with Crippen LogP contribution >= 0.6 is 11.6 Å². The van der Waals surface area contributed by atoms with Gasteiger partial charge in [0.05, 0.1) is 18.2 Å². The van der Waals surface area contributed by atoms with Crippen LogP contribution in [-0.2, 0) is 10.6 Å². The summed E-state index contributed by atoms with van der Waals surface area (Å²) in [5.74, 6) is 1.43. The van der Waals surface area contributed by atoms with Gasteiger partial charge in [-0.05, 0) is 31.5 Å². The summed E-state index contributed by atoms with van der Waals surface area (Å²) in [5.41, 5.74) is 2.10. The Morgan fingerprint density at radius 3 is 2.75 bits per heavy atom. The van der Waals surface area contributed by atoms with Gasteiger partial charge in [0.15, 0.2) is 0 Å². The quantitative estimate of drug-likeness (QED) is 0.757. The minimum absolute atomic E-state index is 0.256. The van der Waals surface area contributed by atoms with E-state index in [1.54, 1.807) is 0 Å². The third-order valence-electron chi connectivity index (χ3n) is 3.20. The Hall–Kier alpha value is -1.32. The molecule has 0 atom stereocenters. The first-order valence-corrected chi connectivity index (χ1v) is 7.42. The van der Waals surface area contributed by atoms with Gasteiger partial charge >= 0.3 is 0 Å². The molecule has 0 saturated carbocycles. The smallest absolute Gasteiger partial charge is 0.129 e. The molecule has 0 aliphatic carbocycles. The van der Waals surface area contributed by atoms with Crippen LogP contribution in [0.15, 0.2) is 30.3 Å². The molecule has 3 nitrogen and oxygen atoms in total. The third-order valence-corrected chi connectivity index (χ3v) is 3.49. The van der Waals surface area contributed by atoms with Crippen molar-refractivity contribution in [3.63, 3.8) is 0 Å². The topological polar surface area (TPSA) is 25.4 Å². The highest BCUT2D eigenvalue weighted by molar-refractivity contribution is 6.18. The average Bonchev–Trinajstić information content (AvgIpc) is 2.45. The summed E-state index contributed by atoms with van der Waals surface area (Å²) >= 11 is 6.06. The zero-order valence-corrected chi connectivity index (χ0v) is 13.0. The molecule has 0 bridgehead atoms. The van der Waals surface area contributed by atoms with Crippen molar-refractivity contribution in [1.82, 2.24) is 4.98 Å². The molecular formula is C16H21ClN2O. The number of hydrogen-bond acceptors (Lipinski definition) is 3. The molecule has 0 amide bonds. The summed E-state index contributed by atoms with van der Waals surface area (Å²) < 4.78 is 5.58. The molecule has 0 spiro atoms. The summed E-state index contributed by atoms with van der Waals surface area (Å²) in [5, 5.41) is 1.12. The highest BCUT2D eigenvalue weighted by Gasteiger charge is 2.08. The lowest BCUT2D eigenvalue weighted by molar-refractivity contribution is 0.0845. The number of pyridine rings is 1. The van der Waals surface area contributed by atoms with Crippen molar-refractivity contribution < 1.29 is 4.74 Å². The molecule has 0 aliphatic rings. The van der Waals surface area contributed by atoms with Gasteiger partial charge in [0, 0.05) is 24.9 Å². The Morgan fingerprint density at radius 1 is 1.30 bits per heavy atom. The lowest BCUT2D eigenvalue weighted by atomic mass is 10.1. The van der Waals surface area contributed by atoms with Crippen molar-refractivity contribution in [2.75, 3.05) is 25.1 Å². The molecule has 1 heterocycles. The molecule has 108 valence electrons. The fraction of sp³-hybridized carbons (Fsp3) is 0.438. The van der Waals surface area contributed by atoms with Crippen LogP contribution in [0.1, 0.15) is 19.4 Å². The SMILES string of the molecule is CC(C)OCCN(C)c1cc(CCl)c2ccccc2n1. The molecule has 0 unspecified atom stereocenters. The van der Waals surface area contributed by atoms with E-state index in [0.29, 0.717) is 12.5 Å². The second-order valence-electron chi connectivity index (χ2n) is 5.13. The Morgan fingerprint density at radius 2 is 2.05 bits per heavy atom. The maximum Gasteiger partial charge on any atom is 0.129 e. The molecule has 0 radical (unpaired) electrons. The molecule has 0 aliphatic heterocycles. The van der Waals surface area contributed by atoms with Gasteiger partial charge in [-0.1, -0.05) is 18.2 Å². The van der Waals surface area contributed by atoms with Crippen LogP contribution in [0.25, 0.3) is 10.9 Å². The van der Waals surface area contributed by atoms with Crippen molar-refractivity contribution in [3.05, 3.63) is 35.9 Å². The van der Waals surface area contributed by atoms with Crippen molar-refractivity contribution >= 4 is 28.3 Å². The second-order valence-corrected chi connectivity index (χ2v) is 5.40. The predicted octanol–water partition coefficient (Wildman–Crippen LogP) is 3.83. The second kappa shape index (κ2) is 6.91. The molecule has 0 fully saturated rings. The van der Waals surface area contributed by atoms with Gasteiger partial charge in [-0.3, -0.25) is 0 Å². The maximum atomic E-state index is 6.06. The van der Waals surface area contributed by atoms with E-state index >= 15 is 0 Å². The number of hydrogen-bond donors (Lipinski definition) is 0. The summed E-state index contributed by atoms with van der Waals surface area (Å²) in [6, 6.07) is 10.2. The van der Waals surface area contributed by atoms with E-state index in [0.717, 1.165) is 28.8 Å². The van der Waals surface area contributed by atoms with Crippen LogP contribution in [-0.4, -0.2) is 31.3 Å². The zero-order valence-electron chi connectivity index (χ0n) is 12.3. The van der Waals surface area contributed by atoms with Crippen LogP contribution in [0.2, 0.25) is 0 Å². The normalized spacial score (nSPS) is 11.2. The Bertz CT molecular complexity index is 571. The van der Waals surface area contributed by atoms with Gasteiger partial charge in [-0.2, -0.15) is 0 Å². The lowest BCUT2D eigenvalue weighted by Gasteiger charge is -2.20. The van der Waals surface area contributed by atoms with Gasteiger partial charge in [0.2, 0.25) is 0 Å². The number of benzene rings is 1. The summed E-state index contributed by atoms with van der Waals surface area (Å²) in [6.07, 6.45) is 0.256. The van der Waals surface area contributed by atoms with E-state index in [2.05, 4.69) is 17.0 Å². The predicted molar refractivity (Wildman–Crippen MR) is 85.7 cm³/mol. The van der Waals surface area contributed by atoms with Gasteiger partial charge in [0.1, 0.15) is 5.82 Å². The number of fused-ring (bicyclic) bond motifs is 1. The van der Waals surface area contributed by atoms with Crippen LogP contribution < -0.4 is 4.90 Å². The number of para-hydroxylation sites is 1. The standard InChI is InChI=1S/C16H21ClN2O/c1-12(2)20-9-8-19(3)16-10-13(11-17)14-6-4-5-7-15(14)18-16/h4-7,10,12H,8-9,11H2,1-3H3. The van der Waals surface area contributed by atoms with E-state index in [1.165, 1.54) is 0 Å². The van der Waals surface area contributed by atoms with E-state index < -0.39 is 0 Å². The van der Waals surface area contributed by atoms with Gasteiger partial charge in [-0.15, -0.1) is 11.6 Å². The first kappa shape index (κ1) is 15.1. The molecule has 4 heteroatoms. The molecule has 0 N–H and O–H groups in total. The molecule has 2 rings (SSSR count). The third kappa shape index (κ3) is 3.62. The first-order valence-electron chi connectivity index (χ1n) is 6.89. The van der Waals surface area contributed by atoms with Crippen molar-refractivity contribution in [1.29, 1.82) is 0 Å². The van der Waals surface area contributed by atoms with E-state index in [4.69, 9.17) is 21.3 Å². The van der Waals surface area contributed by atoms with Crippen LogP contribution in [0.5, 0.6) is 0 Å². The number of aromatic nitrogens is 1.